The van der Waals surface area contributed by atoms with Crippen molar-refractivity contribution >= 4 is 39.1 Å². The summed E-state index contributed by atoms with van der Waals surface area (Å²) in [5.74, 6) is -0.480. The Labute approximate surface area is 157 Å². The average Bonchev–Trinajstić information content (AvgIpc) is 2.53. The van der Waals surface area contributed by atoms with E-state index in [0.29, 0.717) is 5.02 Å². The smallest absolute Gasteiger partial charge is 0.253 e. The minimum Gasteiger partial charge on any atom is -0.348 e. The van der Waals surface area contributed by atoms with Crippen LogP contribution < -0.4 is 10.0 Å². The zero-order valence-electron chi connectivity index (χ0n) is 13.7. The number of halogens is 2. The lowest BCUT2D eigenvalue weighted by Gasteiger charge is -2.12. The van der Waals surface area contributed by atoms with Gasteiger partial charge in [0, 0.05) is 17.6 Å². The number of hydrogen-bond acceptors (Lipinski definition) is 3. The van der Waals surface area contributed by atoms with Gasteiger partial charge in [-0.3, -0.25) is 4.79 Å². The molecule has 0 atom stereocenters. The molecule has 0 aliphatic carbocycles. The maximum atomic E-state index is 12.4. The maximum absolute atomic E-state index is 12.4. The number of hydrogen-bond donors (Lipinski definition) is 2. The minimum absolute atomic E-state index is 0.0199. The molecule has 0 aliphatic rings. The summed E-state index contributed by atoms with van der Waals surface area (Å²) in [7, 11) is -3.72. The third-order valence-corrected chi connectivity index (χ3v) is 5.64. The van der Waals surface area contributed by atoms with Gasteiger partial charge in [0.2, 0.25) is 10.0 Å². The van der Waals surface area contributed by atoms with Crippen molar-refractivity contribution in [3.05, 3.63) is 63.6 Å². The lowest BCUT2D eigenvalue weighted by atomic mass is 10.2. The molecule has 0 aliphatic heterocycles. The normalized spacial score (nSPS) is 11.6. The van der Waals surface area contributed by atoms with E-state index in [1.54, 1.807) is 32.0 Å². The fourth-order valence-corrected chi connectivity index (χ4v) is 3.82. The highest BCUT2D eigenvalue weighted by Crippen LogP contribution is 2.21. The van der Waals surface area contributed by atoms with Gasteiger partial charge in [-0.1, -0.05) is 41.4 Å². The van der Waals surface area contributed by atoms with Crippen molar-refractivity contribution in [2.24, 2.45) is 0 Å². The van der Waals surface area contributed by atoms with Crippen LogP contribution in [0.4, 0.5) is 0 Å². The highest BCUT2D eigenvalue weighted by molar-refractivity contribution is 7.89. The predicted molar refractivity (Wildman–Crippen MR) is 99.5 cm³/mol. The van der Waals surface area contributed by atoms with E-state index in [2.05, 4.69) is 10.0 Å². The standard InChI is InChI=1S/C17H18Cl2N2O3S/c1-11(2)21-25(23,24)13-7-8-16(19)14(9-13)17(22)20-10-12-5-3-4-6-15(12)18/h3-9,11,21H,10H2,1-2H3,(H,20,22). The van der Waals surface area contributed by atoms with Crippen LogP contribution in [-0.4, -0.2) is 20.4 Å². The summed E-state index contributed by atoms with van der Waals surface area (Å²) in [5.41, 5.74) is 0.833. The second-order valence-electron chi connectivity index (χ2n) is 5.69. The Kier molecular flexibility index (Phi) is 6.46. The zero-order valence-corrected chi connectivity index (χ0v) is 16.0. The molecule has 2 rings (SSSR count). The lowest BCUT2D eigenvalue weighted by Crippen LogP contribution is -2.30. The fraction of sp³-hybridized carbons (Fsp3) is 0.235. The van der Waals surface area contributed by atoms with E-state index in [-0.39, 0.29) is 28.1 Å². The predicted octanol–water partition coefficient (Wildman–Crippen LogP) is 3.61. The van der Waals surface area contributed by atoms with Crippen LogP contribution in [0.5, 0.6) is 0 Å². The van der Waals surface area contributed by atoms with Crippen LogP contribution in [-0.2, 0) is 16.6 Å². The lowest BCUT2D eigenvalue weighted by molar-refractivity contribution is 0.0951. The molecule has 0 bridgehead atoms. The zero-order chi connectivity index (χ0) is 18.6. The van der Waals surface area contributed by atoms with Crippen LogP contribution in [0.25, 0.3) is 0 Å². The summed E-state index contributed by atoms with van der Waals surface area (Å²) in [5, 5.41) is 3.39. The number of benzene rings is 2. The van der Waals surface area contributed by atoms with Crippen molar-refractivity contribution in [1.82, 2.24) is 10.0 Å². The van der Waals surface area contributed by atoms with Crippen LogP contribution in [0.2, 0.25) is 10.0 Å². The summed E-state index contributed by atoms with van der Waals surface area (Å²) in [4.78, 5) is 12.4. The SMILES string of the molecule is CC(C)NS(=O)(=O)c1ccc(Cl)c(C(=O)NCc2ccccc2Cl)c1. The van der Waals surface area contributed by atoms with Gasteiger partial charge in [-0.15, -0.1) is 0 Å². The van der Waals surface area contributed by atoms with Crippen molar-refractivity contribution in [2.75, 3.05) is 0 Å². The molecule has 134 valence electrons. The molecule has 0 heterocycles. The first-order valence-electron chi connectivity index (χ1n) is 7.54. The molecule has 25 heavy (non-hydrogen) atoms. The Hall–Kier alpha value is -1.60. The van der Waals surface area contributed by atoms with Crippen molar-refractivity contribution in [3.8, 4) is 0 Å². The molecule has 2 aromatic carbocycles. The molecule has 0 saturated carbocycles. The second-order valence-corrected chi connectivity index (χ2v) is 8.22. The van der Waals surface area contributed by atoms with E-state index >= 15 is 0 Å². The van der Waals surface area contributed by atoms with E-state index < -0.39 is 15.9 Å². The molecule has 0 unspecified atom stereocenters. The summed E-state index contributed by atoms with van der Waals surface area (Å²) >= 11 is 12.1. The first-order valence-corrected chi connectivity index (χ1v) is 9.78. The van der Waals surface area contributed by atoms with Gasteiger partial charge in [0.05, 0.1) is 15.5 Å². The molecule has 8 heteroatoms. The molecule has 5 nitrogen and oxygen atoms in total. The molecule has 2 N–H and O–H groups in total. The molecule has 2 aromatic rings. The topological polar surface area (TPSA) is 75.3 Å². The van der Waals surface area contributed by atoms with Gasteiger partial charge < -0.3 is 5.32 Å². The number of carbonyl (C=O) groups is 1. The molecular weight excluding hydrogens is 383 g/mol. The highest BCUT2D eigenvalue weighted by Gasteiger charge is 2.19. The van der Waals surface area contributed by atoms with E-state index in [0.717, 1.165) is 5.56 Å². The fourth-order valence-electron chi connectivity index (χ4n) is 2.14. The van der Waals surface area contributed by atoms with E-state index in [1.165, 1.54) is 18.2 Å². The summed E-state index contributed by atoms with van der Waals surface area (Å²) in [6.07, 6.45) is 0. The Morgan fingerprint density at radius 2 is 1.76 bits per heavy atom. The van der Waals surface area contributed by atoms with Crippen LogP contribution >= 0.6 is 23.2 Å². The Morgan fingerprint density at radius 1 is 1.08 bits per heavy atom. The van der Waals surface area contributed by atoms with E-state index in [9.17, 15) is 13.2 Å². The maximum Gasteiger partial charge on any atom is 0.253 e. The number of rotatable bonds is 6. The van der Waals surface area contributed by atoms with Gasteiger partial charge in [-0.2, -0.15) is 0 Å². The van der Waals surface area contributed by atoms with Gasteiger partial charge in [0.25, 0.3) is 5.91 Å². The van der Waals surface area contributed by atoms with Gasteiger partial charge in [-0.25, -0.2) is 13.1 Å². The third-order valence-electron chi connectivity index (χ3n) is 3.28. The molecular formula is C17H18Cl2N2O3S. The molecule has 0 saturated heterocycles. The number of carbonyl (C=O) groups excluding carboxylic acids is 1. The number of amides is 1. The van der Waals surface area contributed by atoms with Gasteiger partial charge in [0.1, 0.15) is 0 Å². The van der Waals surface area contributed by atoms with Gasteiger partial charge in [-0.05, 0) is 43.7 Å². The Balaban J connectivity index is 2.22. The van der Waals surface area contributed by atoms with Gasteiger partial charge in [0.15, 0.2) is 0 Å². The van der Waals surface area contributed by atoms with Crippen molar-refractivity contribution in [2.45, 2.75) is 31.3 Å². The van der Waals surface area contributed by atoms with E-state index in [1.807, 2.05) is 6.07 Å². The minimum atomic E-state index is -3.72. The second kappa shape index (κ2) is 8.19. The Bertz CT molecular complexity index is 883. The van der Waals surface area contributed by atoms with Crippen LogP contribution in [0.15, 0.2) is 47.4 Å². The summed E-state index contributed by atoms with van der Waals surface area (Å²) in [6.45, 7) is 3.63. The monoisotopic (exact) mass is 400 g/mol. The first kappa shape index (κ1) is 19.7. The van der Waals surface area contributed by atoms with Crippen molar-refractivity contribution in [1.29, 1.82) is 0 Å². The van der Waals surface area contributed by atoms with Crippen LogP contribution in [0.3, 0.4) is 0 Å². The molecule has 1 amide bonds. The Morgan fingerprint density at radius 3 is 2.40 bits per heavy atom. The largest absolute Gasteiger partial charge is 0.348 e. The number of sulfonamides is 1. The van der Waals surface area contributed by atoms with Crippen LogP contribution in [0, 0.1) is 0 Å². The quantitative estimate of drug-likeness (QED) is 0.777. The third kappa shape index (κ3) is 5.19. The molecule has 0 aromatic heterocycles. The number of nitrogens with one attached hydrogen (secondary N) is 2. The van der Waals surface area contributed by atoms with Gasteiger partial charge >= 0.3 is 0 Å². The molecule has 0 fully saturated rings. The summed E-state index contributed by atoms with van der Waals surface area (Å²) < 4.78 is 27.0. The van der Waals surface area contributed by atoms with E-state index in [4.69, 9.17) is 23.2 Å². The molecule has 0 spiro atoms. The summed E-state index contributed by atoms with van der Waals surface area (Å²) in [6, 6.07) is 10.9. The van der Waals surface area contributed by atoms with Crippen LogP contribution in [0.1, 0.15) is 29.8 Å². The average molecular weight is 401 g/mol. The van der Waals surface area contributed by atoms with Crippen molar-refractivity contribution < 1.29 is 13.2 Å². The highest BCUT2D eigenvalue weighted by atomic mass is 35.5. The first-order chi connectivity index (χ1) is 11.7. The van der Waals surface area contributed by atoms with Crippen molar-refractivity contribution in [3.63, 3.8) is 0 Å². The molecule has 0 radical (unpaired) electrons.